The summed E-state index contributed by atoms with van der Waals surface area (Å²) in [6.07, 6.45) is 2.04. The number of nitrogen functional groups attached to an aromatic ring is 1. The number of thiophene rings is 1. The molecular weight excluding hydrogens is 360 g/mol. The molecule has 0 amide bonds. The van der Waals surface area contributed by atoms with E-state index in [-0.39, 0.29) is 5.41 Å². The Morgan fingerprint density at radius 2 is 2.00 bits per heavy atom. The van der Waals surface area contributed by atoms with Crippen LogP contribution in [-0.4, -0.2) is 14.7 Å². The smallest absolute Gasteiger partial charge is 0.254 e. The zero-order valence-corrected chi connectivity index (χ0v) is 16.7. The van der Waals surface area contributed by atoms with Crippen LogP contribution in [0.4, 0.5) is 10.7 Å². The Labute approximate surface area is 152 Å². The Morgan fingerprint density at radius 1 is 1.33 bits per heavy atom. The Kier molecular flexibility index (Phi) is 5.37. The predicted molar refractivity (Wildman–Crippen MR) is 107 cm³/mol. The molecule has 0 radical (unpaired) electrons. The van der Waals surface area contributed by atoms with E-state index in [1.807, 2.05) is 18.4 Å². The van der Waals surface area contributed by atoms with E-state index in [1.165, 1.54) is 9.77 Å². The first kappa shape index (κ1) is 18.9. The normalized spacial score (nSPS) is 12.2. The molecule has 0 unspecified atom stereocenters. The first-order valence-corrected chi connectivity index (χ1v) is 10.9. The molecule has 3 N–H and O–H groups in total. The summed E-state index contributed by atoms with van der Waals surface area (Å²) >= 11 is 3.26. The van der Waals surface area contributed by atoms with E-state index in [9.17, 15) is 8.42 Å². The molecule has 7 heteroatoms. The van der Waals surface area contributed by atoms with Crippen LogP contribution in [0.2, 0.25) is 0 Å². The number of thioether (sulfide) groups is 1. The summed E-state index contributed by atoms with van der Waals surface area (Å²) in [5.41, 5.74) is 9.80. The van der Waals surface area contributed by atoms with Crippen LogP contribution < -0.4 is 10.5 Å². The van der Waals surface area contributed by atoms with Gasteiger partial charge in [0.15, 0.2) is 0 Å². The van der Waals surface area contributed by atoms with Crippen molar-refractivity contribution in [3.8, 4) is 11.1 Å². The van der Waals surface area contributed by atoms with Crippen molar-refractivity contribution < 1.29 is 8.42 Å². The lowest BCUT2D eigenvalue weighted by molar-refractivity contribution is 0.584. The Bertz CT molecular complexity index is 862. The van der Waals surface area contributed by atoms with E-state index < -0.39 is 10.0 Å². The number of anilines is 2. The third kappa shape index (κ3) is 3.96. The molecule has 0 bridgehead atoms. The highest BCUT2D eigenvalue weighted by atomic mass is 32.2. The fourth-order valence-corrected chi connectivity index (χ4v) is 5.27. The summed E-state index contributed by atoms with van der Waals surface area (Å²) in [7, 11) is -3.54. The second kappa shape index (κ2) is 6.82. The molecular formula is C17H22N2O2S3. The molecule has 1 aromatic heterocycles. The van der Waals surface area contributed by atoms with E-state index >= 15 is 0 Å². The maximum Gasteiger partial charge on any atom is 0.254 e. The van der Waals surface area contributed by atoms with Gasteiger partial charge in [-0.05, 0) is 34.9 Å². The summed E-state index contributed by atoms with van der Waals surface area (Å²) in [4.78, 5) is 0. The molecule has 1 aromatic carbocycles. The van der Waals surface area contributed by atoms with Gasteiger partial charge in [-0.1, -0.05) is 39.5 Å². The monoisotopic (exact) mass is 382 g/mol. The van der Waals surface area contributed by atoms with Gasteiger partial charge in [0.1, 0.15) is 0 Å². The fourth-order valence-electron chi connectivity index (χ4n) is 2.48. The van der Waals surface area contributed by atoms with Gasteiger partial charge in [-0.15, -0.1) is 23.1 Å². The number of hydrogen-bond donors (Lipinski definition) is 2. The highest BCUT2D eigenvalue weighted by Crippen LogP contribution is 2.48. The zero-order chi connectivity index (χ0) is 18.1. The number of sulfonamides is 1. The lowest BCUT2D eigenvalue weighted by atomic mass is 9.84. The van der Waals surface area contributed by atoms with Gasteiger partial charge in [0.2, 0.25) is 0 Å². The first-order chi connectivity index (χ1) is 11.1. The van der Waals surface area contributed by atoms with Crippen molar-refractivity contribution in [2.45, 2.75) is 30.4 Å². The maximum absolute atomic E-state index is 11.7. The van der Waals surface area contributed by atoms with Gasteiger partial charge in [-0.25, -0.2) is 8.42 Å². The van der Waals surface area contributed by atoms with Gasteiger partial charge in [0.25, 0.3) is 10.0 Å². The second-order valence-electron chi connectivity index (χ2n) is 6.35. The Hall–Kier alpha value is -1.44. The van der Waals surface area contributed by atoms with Gasteiger partial charge in [-0.3, -0.25) is 4.72 Å². The highest BCUT2D eigenvalue weighted by molar-refractivity contribution is 8.00. The van der Waals surface area contributed by atoms with Crippen LogP contribution in [-0.2, 0) is 15.4 Å². The van der Waals surface area contributed by atoms with Gasteiger partial charge >= 0.3 is 0 Å². The number of rotatable bonds is 5. The molecule has 0 aliphatic heterocycles. The summed E-state index contributed by atoms with van der Waals surface area (Å²) in [5.74, 6) is 0. The zero-order valence-electron chi connectivity index (χ0n) is 14.2. The molecule has 1 heterocycles. The number of hydrogen-bond acceptors (Lipinski definition) is 5. The average Bonchev–Trinajstić information content (AvgIpc) is 2.84. The van der Waals surface area contributed by atoms with Crippen molar-refractivity contribution in [1.29, 1.82) is 0 Å². The third-order valence-electron chi connectivity index (χ3n) is 3.47. The van der Waals surface area contributed by atoms with Crippen LogP contribution in [0, 0.1) is 0 Å². The number of benzene rings is 1. The molecule has 2 rings (SSSR count). The topological polar surface area (TPSA) is 72.2 Å². The molecule has 4 nitrogen and oxygen atoms in total. The lowest BCUT2D eigenvalue weighted by Crippen LogP contribution is -2.13. The van der Waals surface area contributed by atoms with Crippen LogP contribution in [0.25, 0.3) is 11.1 Å². The molecule has 130 valence electrons. The summed E-state index contributed by atoms with van der Waals surface area (Å²) < 4.78 is 27.1. The maximum atomic E-state index is 11.7. The van der Waals surface area contributed by atoms with Crippen molar-refractivity contribution >= 4 is 43.8 Å². The molecule has 0 saturated carbocycles. The minimum absolute atomic E-state index is 0.0710. The summed E-state index contributed by atoms with van der Waals surface area (Å²) in [5, 5.41) is 1.64. The van der Waals surface area contributed by atoms with Crippen molar-refractivity contribution in [3.05, 3.63) is 41.8 Å². The van der Waals surface area contributed by atoms with Crippen LogP contribution in [0.1, 0.15) is 26.3 Å². The summed E-state index contributed by atoms with van der Waals surface area (Å²) in [6.45, 7) is 9.78. The molecule has 0 aliphatic rings. The van der Waals surface area contributed by atoms with Gasteiger partial charge < -0.3 is 5.73 Å². The van der Waals surface area contributed by atoms with Gasteiger partial charge in [-0.2, -0.15) is 0 Å². The van der Waals surface area contributed by atoms with Crippen molar-refractivity contribution in [2.75, 3.05) is 16.7 Å². The van der Waals surface area contributed by atoms with E-state index in [0.29, 0.717) is 5.69 Å². The van der Waals surface area contributed by atoms with Crippen molar-refractivity contribution in [1.82, 2.24) is 0 Å². The standard InChI is InChI=1S/C17H22N2O2S3/c1-6-24(20,21)19-12-9-7-8-11(10-12)13-14(17(2,3)4)16(22-5)23-15(13)18/h6-10,19H,1,18H2,2-5H3. The minimum atomic E-state index is -3.54. The number of nitrogens with one attached hydrogen (secondary N) is 1. The van der Waals surface area contributed by atoms with E-state index in [0.717, 1.165) is 21.5 Å². The van der Waals surface area contributed by atoms with Crippen LogP contribution in [0.5, 0.6) is 0 Å². The number of nitrogens with two attached hydrogens (primary N) is 1. The summed E-state index contributed by atoms with van der Waals surface area (Å²) in [6, 6.07) is 7.28. The predicted octanol–water partition coefficient (Wildman–Crippen LogP) is 4.90. The highest BCUT2D eigenvalue weighted by Gasteiger charge is 2.27. The minimum Gasteiger partial charge on any atom is -0.390 e. The second-order valence-corrected chi connectivity index (χ2v) is 10.1. The molecule has 0 aliphatic carbocycles. The first-order valence-electron chi connectivity index (χ1n) is 7.31. The van der Waals surface area contributed by atoms with E-state index in [2.05, 4.69) is 32.1 Å². The average molecular weight is 383 g/mol. The van der Waals surface area contributed by atoms with E-state index in [1.54, 1.807) is 35.2 Å². The largest absolute Gasteiger partial charge is 0.390 e. The Balaban J connectivity index is 2.61. The van der Waals surface area contributed by atoms with E-state index in [4.69, 9.17) is 5.73 Å². The fraction of sp³-hybridized carbons (Fsp3) is 0.294. The quantitative estimate of drug-likeness (QED) is 0.721. The SMILES string of the molecule is C=CS(=O)(=O)Nc1cccc(-c2c(N)sc(SC)c2C(C)(C)C)c1. The molecule has 24 heavy (non-hydrogen) atoms. The van der Waals surface area contributed by atoms with Crippen LogP contribution in [0.15, 0.2) is 40.5 Å². The van der Waals surface area contributed by atoms with Crippen molar-refractivity contribution in [3.63, 3.8) is 0 Å². The Morgan fingerprint density at radius 3 is 2.54 bits per heavy atom. The van der Waals surface area contributed by atoms with Crippen LogP contribution >= 0.6 is 23.1 Å². The molecule has 2 aromatic rings. The molecule has 0 saturated heterocycles. The van der Waals surface area contributed by atoms with Gasteiger partial charge in [0.05, 0.1) is 9.21 Å². The molecule has 0 atom stereocenters. The van der Waals surface area contributed by atoms with Crippen molar-refractivity contribution in [2.24, 2.45) is 0 Å². The van der Waals surface area contributed by atoms with Gasteiger partial charge in [0, 0.05) is 16.7 Å². The lowest BCUT2D eigenvalue weighted by Gasteiger charge is -2.22. The third-order valence-corrected chi connectivity index (χ3v) is 6.57. The van der Waals surface area contributed by atoms with Crippen LogP contribution in [0.3, 0.4) is 0 Å². The molecule has 0 spiro atoms. The molecule has 0 fully saturated rings.